The SMILES string of the molecule is O=S(=O)([O-])C(F)(F)C(O)(F)F. The fourth-order valence-electron chi connectivity index (χ4n) is 0.150. The summed E-state index contributed by atoms with van der Waals surface area (Å²) in [7, 11) is -6.54. The lowest BCUT2D eigenvalue weighted by atomic mass is 10.7. The molecular formula is C2HF4O4S-. The van der Waals surface area contributed by atoms with Gasteiger partial charge in [0.1, 0.15) is 0 Å². The number of aliphatic hydroxyl groups is 1. The van der Waals surface area contributed by atoms with Crippen molar-refractivity contribution in [2.75, 3.05) is 0 Å². The number of rotatable bonds is 2. The van der Waals surface area contributed by atoms with Crippen molar-refractivity contribution in [1.29, 1.82) is 0 Å². The molecule has 9 heteroatoms. The second kappa shape index (κ2) is 2.29. The summed E-state index contributed by atoms with van der Waals surface area (Å²) in [5.41, 5.74) is 0. The van der Waals surface area contributed by atoms with E-state index in [2.05, 4.69) is 0 Å². The standard InChI is InChI=1S/C2H2F4O4S/c3-1(4,7)2(5,6)11(8,9)10/h7H,(H,8,9,10)/p-1. The largest absolute Gasteiger partial charge is 0.743 e. The summed E-state index contributed by atoms with van der Waals surface area (Å²) in [5, 5.41) is 1.23. The third kappa shape index (κ3) is 1.79. The van der Waals surface area contributed by atoms with Gasteiger partial charge in [-0.2, -0.15) is 17.6 Å². The van der Waals surface area contributed by atoms with E-state index in [-0.39, 0.29) is 0 Å². The maximum Gasteiger partial charge on any atom is 0.431 e. The van der Waals surface area contributed by atoms with Crippen LogP contribution in [0.3, 0.4) is 0 Å². The Labute approximate surface area is 58.2 Å². The molecule has 0 aliphatic rings. The topological polar surface area (TPSA) is 77.4 Å². The summed E-state index contributed by atoms with van der Waals surface area (Å²) in [6, 6.07) is 0. The zero-order chi connectivity index (χ0) is 9.50. The van der Waals surface area contributed by atoms with Crippen LogP contribution in [-0.2, 0) is 10.1 Å². The van der Waals surface area contributed by atoms with Crippen LogP contribution in [0, 0.1) is 0 Å². The van der Waals surface area contributed by atoms with Gasteiger partial charge in [-0.05, 0) is 0 Å². The Morgan fingerprint density at radius 1 is 1.18 bits per heavy atom. The molecule has 0 saturated carbocycles. The normalized spacial score (nSPS) is 15.1. The van der Waals surface area contributed by atoms with Crippen LogP contribution < -0.4 is 0 Å². The van der Waals surface area contributed by atoms with Crippen LogP contribution >= 0.6 is 0 Å². The zero-order valence-corrected chi connectivity index (χ0v) is 5.41. The molecule has 0 aromatic rings. The first kappa shape index (κ1) is 10.6. The van der Waals surface area contributed by atoms with Crippen LogP contribution in [0.25, 0.3) is 0 Å². The highest BCUT2D eigenvalue weighted by Crippen LogP contribution is 2.35. The lowest BCUT2D eigenvalue weighted by Gasteiger charge is -2.23. The molecule has 0 unspecified atom stereocenters. The number of hydrogen-bond donors (Lipinski definition) is 1. The molecule has 0 aromatic carbocycles. The highest BCUT2D eigenvalue weighted by Gasteiger charge is 2.61. The van der Waals surface area contributed by atoms with Gasteiger partial charge in [0.25, 0.3) is 0 Å². The lowest BCUT2D eigenvalue weighted by molar-refractivity contribution is -0.292. The maximum atomic E-state index is 11.5. The summed E-state index contributed by atoms with van der Waals surface area (Å²) < 4.78 is 73.6. The van der Waals surface area contributed by atoms with E-state index in [1.54, 1.807) is 0 Å². The first-order valence-corrected chi connectivity index (χ1v) is 3.34. The van der Waals surface area contributed by atoms with Gasteiger partial charge in [-0.3, -0.25) is 0 Å². The van der Waals surface area contributed by atoms with Gasteiger partial charge in [0.05, 0.1) is 0 Å². The Bertz CT molecular complexity index is 237. The van der Waals surface area contributed by atoms with Crippen molar-refractivity contribution in [3.63, 3.8) is 0 Å². The summed E-state index contributed by atoms with van der Waals surface area (Å²) in [4.78, 5) is 0. The Balaban J connectivity index is 5.08. The van der Waals surface area contributed by atoms with Crippen LogP contribution in [0.1, 0.15) is 0 Å². The minimum atomic E-state index is -6.54. The number of halogens is 4. The molecule has 0 bridgehead atoms. The highest BCUT2D eigenvalue weighted by molar-refractivity contribution is 7.86. The van der Waals surface area contributed by atoms with E-state index in [1.807, 2.05) is 0 Å². The van der Waals surface area contributed by atoms with Gasteiger partial charge >= 0.3 is 11.4 Å². The summed E-state index contributed by atoms with van der Waals surface area (Å²) in [6.45, 7) is 0. The van der Waals surface area contributed by atoms with Crippen LogP contribution in [0.2, 0.25) is 0 Å². The average molecular weight is 197 g/mol. The van der Waals surface area contributed by atoms with Gasteiger partial charge in [0.15, 0.2) is 10.1 Å². The molecule has 1 N–H and O–H groups in total. The highest BCUT2D eigenvalue weighted by atomic mass is 32.2. The average Bonchev–Trinajstić information content (AvgIpc) is 1.58. The van der Waals surface area contributed by atoms with Crippen molar-refractivity contribution in [3.05, 3.63) is 0 Å². The molecule has 0 rings (SSSR count). The molecule has 4 nitrogen and oxygen atoms in total. The van der Waals surface area contributed by atoms with E-state index in [1.165, 1.54) is 0 Å². The predicted molar refractivity (Wildman–Crippen MR) is 21.8 cm³/mol. The second-order valence-electron chi connectivity index (χ2n) is 1.51. The van der Waals surface area contributed by atoms with E-state index in [0.717, 1.165) is 0 Å². The second-order valence-corrected chi connectivity index (χ2v) is 2.93. The first-order valence-electron chi connectivity index (χ1n) is 1.93. The minimum Gasteiger partial charge on any atom is -0.743 e. The Morgan fingerprint density at radius 2 is 1.45 bits per heavy atom. The molecule has 0 amide bonds. The Morgan fingerprint density at radius 3 is 1.45 bits per heavy atom. The molecular weight excluding hydrogens is 196 g/mol. The maximum absolute atomic E-state index is 11.5. The van der Waals surface area contributed by atoms with Crippen LogP contribution in [0.4, 0.5) is 17.6 Å². The fraction of sp³-hybridized carbons (Fsp3) is 1.00. The number of alkyl halides is 4. The van der Waals surface area contributed by atoms with Gasteiger partial charge in [0.2, 0.25) is 0 Å². The number of hydrogen-bond acceptors (Lipinski definition) is 4. The molecule has 0 fully saturated rings. The molecule has 0 aliphatic heterocycles. The quantitative estimate of drug-likeness (QED) is 0.487. The van der Waals surface area contributed by atoms with Gasteiger partial charge in [-0.25, -0.2) is 8.42 Å². The van der Waals surface area contributed by atoms with E-state index in [0.29, 0.717) is 0 Å². The lowest BCUT2D eigenvalue weighted by Crippen LogP contribution is -2.46. The van der Waals surface area contributed by atoms with Crippen molar-refractivity contribution in [3.8, 4) is 0 Å². The van der Waals surface area contributed by atoms with Gasteiger partial charge < -0.3 is 9.66 Å². The van der Waals surface area contributed by atoms with E-state index in [4.69, 9.17) is 5.11 Å². The minimum absolute atomic E-state index is 5.85. The predicted octanol–water partition coefficient (Wildman–Crippen LogP) is -0.290. The molecule has 68 valence electrons. The molecule has 0 spiro atoms. The Kier molecular flexibility index (Phi) is 2.20. The van der Waals surface area contributed by atoms with E-state index in [9.17, 15) is 30.5 Å². The molecule has 11 heavy (non-hydrogen) atoms. The van der Waals surface area contributed by atoms with E-state index < -0.39 is 21.5 Å². The third-order valence-electron chi connectivity index (χ3n) is 0.664. The van der Waals surface area contributed by atoms with Crippen molar-refractivity contribution >= 4 is 10.1 Å². The van der Waals surface area contributed by atoms with Crippen LogP contribution in [-0.4, -0.2) is 29.4 Å². The monoisotopic (exact) mass is 197 g/mol. The van der Waals surface area contributed by atoms with E-state index >= 15 is 0 Å². The smallest absolute Gasteiger partial charge is 0.431 e. The first-order chi connectivity index (χ1) is 4.50. The van der Waals surface area contributed by atoms with Crippen molar-refractivity contribution in [2.45, 2.75) is 11.4 Å². The molecule has 0 radical (unpaired) electrons. The van der Waals surface area contributed by atoms with Crippen molar-refractivity contribution in [2.24, 2.45) is 0 Å². The molecule has 0 heterocycles. The molecule has 0 atom stereocenters. The summed E-state index contributed by atoms with van der Waals surface area (Å²) in [5.74, 6) is 0. The van der Waals surface area contributed by atoms with Crippen molar-refractivity contribution < 1.29 is 35.6 Å². The van der Waals surface area contributed by atoms with Crippen LogP contribution in [0.15, 0.2) is 0 Å². The Hall–Kier alpha value is -0.410. The summed E-state index contributed by atoms with van der Waals surface area (Å²) in [6.07, 6.45) is -5.85. The van der Waals surface area contributed by atoms with Gasteiger partial charge in [-0.1, -0.05) is 0 Å². The zero-order valence-electron chi connectivity index (χ0n) is 4.59. The summed E-state index contributed by atoms with van der Waals surface area (Å²) >= 11 is 0. The molecule has 0 aromatic heterocycles. The van der Waals surface area contributed by atoms with Gasteiger partial charge in [-0.15, -0.1) is 0 Å². The molecule has 0 saturated heterocycles. The van der Waals surface area contributed by atoms with Gasteiger partial charge in [0, 0.05) is 0 Å². The van der Waals surface area contributed by atoms with Crippen molar-refractivity contribution in [1.82, 2.24) is 0 Å². The van der Waals surface area contributed by atoms with Crippen LogP contribution in [0.5, 0.6) is 0 Å². The molecule has 0 aliphatic carbocycles. The fourth-order valence-corrected chi connectivity index (χ4v) is 0.451. The third-order valence-corrected chi connectivity index (χ3v) is 1.54.